The molecule has 108 valence electrons. The van der Waals surface area contributed by atoms with Gasteiger partial charge in [-0.1, -0.05) is 19.1 Å². The molecule has 1 aromatic rings. The molecule has 2 rings (SSSR count). The Morgan fingerprint density at radius 3 is 2.85 bits per heavy atom. The van der Waals surface area contributed by atoms with Crippen molar-refractivity contribution in [2.75, 3.05) is 13.2 Å². The van der Waals surface area contributed by atoms with E-state index in [0.717, 1.165) is 13.0 Å². The lowest BCUT2D eigenvalue weighted by molar-refractivity contribution is -0.130. The van der Waals surface area contributed by atoms with Crippen LogP contribution in [0.25, 0.3) is 0 Å². The number of nitrogens with one attached hydrogen (secondary N) is 3. The maximum Gasteiger partial charge on any atom is 0.283 e. The van der Waals surface area contributed by atoms with Crippen LogP contribution in [0.4, 0.5) is 0 Å². The van der Waals surface area contributed by atoms with Gasteiger partial charge < -0.3 is 14.8 Å². The highest BCUT2D eigenvalue weighted by molar-refractivity contribution is 7.80. The molecule has 1 heterocycles. The highest BCUT2D eigenvalue weighted by Crippen LogP contribution is 2.30. The molecule has 1 atom stereocenters. The molecule has 1 aromatic carbocycles. The van der Waals surface area contributed by atoms with Gasteiger partial charge in [-0.3, -0.25) is 15.6 Å². The molecule has 20 heavy (non-hydrogen) atoms. The monoisotopic (exact) mass is 295 g/mol. The molecule has 1 amide bonds. The Labute approximate surface area is 122 Å². The SMILES string of the molecule is CCCNC(=S)NNC(=O)C1COc2ccccc2O1. The van der Waals surface area contributed by atoms with E-state index in [2.05, 4.69) is 16.2 Å². The van der Waals surface area contributed by atoms with E-state index in [9.17, 15) is 4.79 Å². The number of ether oxygens (including phenoxy) is 2. The summed E-state index contributed by atoms with van der Waals surface area (Å²) in [5.74, 6) is 0.871. The first-order valence-corrected chi connectivity index (χ1v) is 6.83. The predicted octanol–water partition coefficient (Wildman–Crippen LogP) is 0.732. The van der Waals surface area contributed by atoms with Gasteiger partial charge in [0.1, 0.15) is 6.61 Å². The molecule has 0 saturated heterocycles. The van der Waals surface area contributed by atoms with Gasteiger partial charge in [0.25, 0.3) is 5.91 Å². The van der Waals surface area contributed by atoms with Crippen molar-refractivity contribution >= 4 is 23.2 Å². The van der Waals surface area contributed by atoms with E-state index >= 15 is 0 Å². The number of rotatable bonds is 3. The summed E-state index contributed by atoms with van der Waals surface area (Å²) in [6, 6.07) is 7.23. The molecule has 3 N–H and O–H groups in total. The standard InChI is InChI=1S/C13H17N3O3S/c1-2-7-14-13(20)16-15-12(17)11-8-18-9-5-3-4-6-10(9)19-11/h3-6,11H,2,7-8H2,1H3,(H,15,17)(H2,14,16,20). The van der Waals surface area contributed by atoms with Gasteiger partial charge in [0.05, 0.1) is 0 Å². The van der Waals surface area contributed by atoms with E-state index < -0.39 is 6.10 Å². The van der Waals surface area contributed by atoms with Gasteiger partial charge in [0.2, 0.25) is 6.10 Å². The fourth-order valence-electron chi connectivity index (χ4n) is 1.63. The Morgan fingerprint density at radius 2 is 2.10 bits per heavy atom. The quantitative estimate of drug-likeness (QED) is 0.564. The number of hydrazine groups is 1. The molecular weight excluding hydrogens is 278 g/mol. The summed E-state index contributed by atoms with van der Waals surface area (Å²) >= 11 is 4.99. The molecule has 0 spiro atoms. The molecule has 0 aliphatic carbocycles. The van der Waals surface area contributed by atoms with Crippen molar-refractivity contribution in [3.63, 3.8) is 0 Å². The number of benzene rings is 1. The summed E-state index contributed by atoms with van der Waals surface area (Å²) in [4.78, 5) is 11.9. The molecule has 6 nitrogen and oxygen atoms in total. The van der Waals surface area contributed by atoms with Gasteiger partial charge in [-0.25, -0.2) is 0 Å². The summed E-state index contributed by atoms with van der Waals surface area (Å²) in [5, 5.41) is 3.31. The van der Waals surface area contributed by atoms with Crippen molar-refractivity contribution < 1.29 is 14.3 Å². The second kappa shape index (κ2) is 6.95. The fraction of sp³-hybridized carbons (Fsp3) is 0.385. The number of carbonyl (C=O) groups excluding carboxylic acids is 1. The van der Waals surface area contributed by atoms with Crippen LogP contribution in [0.2, 0.25) is 0 Å². The third-order valence-corrected chi connectivity index (χ3v) is 2.88. The Kier molecular flexibility index (Phi) is 5.00. The number of para-hydroxylation sites is 2. The summed E-state index contributed by atoms with van der Waals surface area (Å²) in [6.45, 7) is 2.94. The summed E-state index contributed by atoms with van der Waals surface area (Å²) in [5.41, 5.74) is 5.12. The molecule has 1 unspecified atom stereocenters. The number of carbonyl (C=O) groups is 1. The van der Waals surface area contributed by atoms with Gasteiger partial charge in [-0.05, 0) is 30.8 Å². The van der Waals surface area contributed by atoms with E-state index in [0.29, 0.717) is 16.6 Å². The van der Waals surface area contributed by atoms with Gasteiger partial charge >= 0.3 is 0 Å². The molecule has 1 aliphatic heterocycles. The zero-order chi connectivity index (χ0) is 14.4. The van der Waals surface area contributed by atoms with Gasteiger partial charge in [0, 0.05) is 6.54 Å². The summed E-state index contributed by atoms with van der Waals surface area (Å²) in [6.07, 6.45) is 0.248. The normalized spacial score (nSPS) is 16.1. The smallest absolute Gasteiger partial charge is 0.283 e. The second-order valence-electron chi connectivity index (χ2n) is 4.23. The van der Waals surface area contributed by atoms with Crippen molar-refractivity contribution in [2.24, 2.45) is 0 Å². The topological polar surface area (TPSA) is 71.6 Å². The number of amides is 1. The van der Waals surface area contributed by atoms with Crippen molar-refractivity contribution in [3.05, 3.63) is 24.3 Å². The first kappa shape index (κ1) is 14.4. The van der Waals surface area contributed by atoms with Crippen LogP contribution in [0.1, 0.15) is 13.3 Å². The first-order chi connectivity index (χ1) is 9.70. The zero-order valence-corrected chi connectivity index (χ0v) is 12.0. The number of thiocarbonyl (C=S) groups is 1. The molecule has 0 fully saturated rings. The molecule has 0 radical (unpaired) electrons. The van der Waals surface area contributed by atoms with Crippen LogP contribution in [-0.2, 0) is 4.79 Å². The Hall–Kier alpha value is -2.02. The Balaban J connectivity index is 1.81. The molecule has 0 aromatic heterocycles. The van der Waals surface area contributed by atoms with E-state index in [1.807, 2.05) is 19.1 Å². The highest BCUT2D eigenvalue weighted by atomic mass is 32.1. The maximum atomic E-state index is 11.9. The van der Waals surface area contributed by atoms with E-state index in [-0.39, 0.29) is 12.5 Å². The number of hydrogen-bond donors (Lipinski definition) is 3. The Bertz CT molecular complexity index is 496. The highest BCUT2D eigenvalue weighted by Gasteiger charge is 2.27. The van der Waals surface area contributed by atoms with E-state index in [1.165, 1.54) is 0 Å². The van der Waals surface area contributed by atoms with Gasteiger partial charge in [-0.2, -0.15) is 0 Å². The molecular formula is C13H17N3O3S. The average Bonchev–Trinajstić information content (AvgIpc) is 2.50. The summed E-state index contributed by atoms with van der Waals surface area (Å²) < 4.78 is 11.0. The maximum absolute atomic E-state index is 11.9. The minimum Gasteiger partial charge on any atom is -0.485 e. The van der Waals surface area contributed by atoms with Gasteiger partial charge in [0.15, 0.2) is 16.6 Å². The molecule has 7 heteroatoms. The van der Waals surface area contributed by atoms with Crippen molar-refractivity contribution in [1.29, 1.82) is 0 Å². The minimum atomic E-state index is -0.702. The number of fused-ring (bicyclic) bond motifs is 1. The third-order valence-electron chi connectivity index (χ3n) is 2.64. The molecule has 0 bridgehead atoms. The van der Waals surface area contributed by atoms with Crippen LogP contribution in [0.3, 0.4) is 0 Å². The van der Waals surface area contributed by atoms with E-state index in [4.69, 9.17) is 21.7 Å². The molecule has 1 aliphatic rings. The summed E-state index contributed by atoms with van der Waals surface area (Å²) in [7, 11) is 0. The van der Waals surface area contributed by atoms with Crippen LogP contribution in [-0.4, -0.2) is 30.3 Å². The van der Waals surface area contributed by atoms with Crippen LogP contribution in [0.15, 0.2) is 24.3 Å². The lowest BCUT2D eigenvalue weighted by Crippen LogP contribution is -2.53. The fourth-order valence-corrected chi connectivity index (χ4v) is 1.78. The average molecular weight is 295 g/mol. The zero-order valence-electron chi connectivity index (χ0n) is 11.1. The third kappa shape index (κ3) is 3.74. The van der Waals surface area contributed by atoms with Crippen molar-refractivity contribution in [3.8, 4) is 11.5 Å². The first-order valence-electron chi connectivity index (χ1n) is 6.43. The van der Waals surface area contributed by atoms with Gasteiger partial charge in [-0.15, -0.1) is 0 Å². The lowest BCUT2D eigenvalue weighted by atomic mass is 10.2. The minimum absolute atomic E-state index is 0.166. The predicted molar refractivity (Wildman–Crippen MR) is 78.5 cm³/mol. The largest absolute Gasteiger partial charge is 0.485 e. The van der Waals surface area contributed by atoms with Crippen LogP contribution < -0.4 is 25.6 Å². The van der Waals surface area contributed by atoms with Crippen molar-refractivity contribution in [1.82, 2.24) is 16.2 Å². The van der Waals surface area contributed by atoms with Crippen molar-refractivity contribution in [2.45, 2.75) is 19.4 Å². The van der Waals surface area contributed by atoms with Crippen LogP contribution >= 0.6 is 12.2 Å². The van der Waals surface area contributed by atoms with Crippen LogP contribution in [0.5, 0.6) is 11.5 Å². The van der Waals surface area contributed by atoms with Crippen LogP contribution in [0, 0.1) is 0 Å². The number of hydrogen-bond acceptors (Lipinski definition) is 4. The molecule has 0 saturated carbocycles. The Morgan fingerprint density at radius 1 is 1.35 bits per heavy atom. The van der Waals surface area contributed by atoms with E-state index in [1.54, 1.807) is 12.1 Å². The second-order valence-corrected chi connectivity index (χ2v) is 4.64. The lowest BCUT2D eigenvalue weighted by Gasteiger charge is -2.25.